The molecule has 1 N–H and O–H groups in total. The summed E-state index contributed by atoms with van der Waals surface area (Å²) in [7, 11) is 0. The zero-order valence-electron chi connectivity index (χ0n) is 19.7. The van der Waals surface area contributed by atoms with Crippen LogP contribution in [0.1, 0.15) is 59.8 Å². The van der Waals surface area contributed by atoms with Crippen LogP contribution in [0.25, 0.3) is 0 Å². The quantitative estimate of drug-likeness (QED) is 0.276. The normalized spacial score (nSPS) is 11.6. The van der Waals surface area contributed by atoms with Crippen molar-refractivity contribution in [2.45, 2.75) is 65.4 Å². The van der Waals surface area contributed by atoms with Crippen LogP contribution >= 0.6 is 0 Å². The molecule has 0 saturated heterocycles. The number of hydrogen-bond donors (Lipinski definition) is 1. The van der Waals surface area contributed by atoms with Crippen LogP contribution in [0.15, 0.2) is 0 Å². The zero-order valence-corrected chi connectivity index (χ0v) is 19.7. The summed E-state index contributed by atoms with van der Waals surface area (Å²) in [6.45, 7) is 13.7. The van der Waals surface area contributed by atoms with Gasteiger partial charge < -0.3 is 33.7 Å². The summed E-state index contributed by atoms with van der Waals surface area (Å²) in [4.78, 5) is 11.4. The monoisotopic (exact) mass is 435 g/mol. The third-order valence-corrected chi connectivity index (χ3v) is 3.79. The van der Waals surface area contributed by atoms with Crippen molar-refractivity contribution < 1.29 is 33.2 Å². The van der Waals surface area contributed by atoms with Gasteiger partial charge in [0.15, 0.2) is 0 Å². The van der Waals surface area contributed by atoms with E-state index in [0.717, 1.165) is 13.0 Å². The van der Waals surface area contributed by atoms with E-state index in [1.165, 1.54) is 25.7 Å². The second kappa shape index (κ2) is 21.3. The molecule has 0 spiro atoms. The van der Waals surface area contributed by atoms with E-state index in [2.05, 4.69) is 12.2 Å². The lowest BCUT2D eigenvalue weighted by Crippen LogP contribution is -2.34. The van der Waals surface area contributed by atoms with Crippen molar-refractivity contribution in [3.8, 4) is 0 Å². The second-order valence-corrected chi connectivity index (χ2v) is 7.90. The molecule has 0 aliphatic rings. The summed E-state index contributed by atoms with van der Waals surface area (Å²) in [6, 6.07) is 0. The number of unbranched alkanes of at least 4 members (excludes halogenated alkanes) is 4. The smallest absolute Gasteiger partial charge is 0.407 e. The molecule has 0 unspecified atom stereocenters. The molecule has 0 heterocycles. The maximum Gasteiger partial charge on any atom is 0.407 e. The molecular weight excluding hydrogens is 390 g/mol. The minimum absolute atomic E-state index is 0.405. The van der Waals surface area contributed by atoms with Crippen LogP contribution in [-0.2, 0) is 28.4 Å². The van der Waals surface area contributed by atoms with E-state index in [1.54, 1.807) is 0 Å². The number of alkyl carbamates (subject to hydrolysis) is 1. The van der Waals surface area contributed by atoms with Gasteiger partial charge in [0.1, 0.15) is 5.60 Å². The molecule has 1 amide bonds. The lowest BCUT2D eigenvalue weighted by molar-refractivity contribution is -0.0111. The Morgan fingerprint density at radius 3 is 1.53 bits per heavy atom. The number of nitrogens with one attached hydrogen (secondary N) is 1. The Morgan fingerprint density at radius 2 is 1.07 bits per heavy atom. The number of rotatable bonds is 21. The van der Waals surface area contributed by atoms with E-state index < -0.39 is 11.7 Å². The van der Waals surface area contributed by atoms with Gasteiger partial charge in [-0.25, -0.2) is 4.79 Å². The van der Waals surface area contributed by atoms with Gasteiger partial charge in [0.05, 0.1) is 59.5 Å². The van der Waals surface area contributed by atoms with Gasteiger partial charge in [0, 0.05) is 13.2 Å². The van der Waals surface area contributed by atoms with E-state index in [0.29, 0.717) is 66.0 Å². The Morgan fingerprint density at radius 1 is 0.633 bits per heavy atom. The number of amides is 1. The molecule has 180 valence electrons. The lowest BCUT2D eigenvalue weighted by atomic mass is 10.2. The van der Waals surface area contributed by atoms with Crippen LogP contribution in [0.5, 0.6) is 0 Å². The maximum absolute atomic E-state index is 11.4. The summed E-state index contributed by atoms with van der Waals surface area (Å²) in [5, 5.41) is 2.63. The molecule has 0 bridgehead atoms. The summed E-state index contributed by atoms with van der Waals surface area (Å²) in [6.07, 6.45) is 5.84. The number of carbonyl (C=O) groups excluding carboxylic acids is 1. The minimum Gasteiger partial charge on any atom is -0.444 e. The van der Waals surface area contributed by atoms with Crippen LogP contribution in [0, 0.1) is 0 Å². The van der Waals surface area contributed by atoms with Crippen molar-refractivity contribution in [3.05, 3.63) is 0 Å². The highest BCUT2D eigenvalue weighted by molar-refractivity contribution is 5.67. The summed E-state index contributed by atoms with van der Waals surface area (Å²) in [5.74, 6) is 0. The van der Waals surface area contributed by atoms with Gasteiger partial charge in [-0.3, -0.25) is 0 Å². The molecule has 0 aromatic carbocycles. The van der Waals surface area contributed by atoms with Gasteiger partial charge in [-0.15, -0.1) is 0 Å². The van der Waals surface area contributed by atoms with E-state index in [-0.39, 0.29) is 0 Å². The fourth-order valence-corrected chi connectivity index (χ4v) is 2.33. The standard InChI is InChI=1S/C22H45NO7/c1-5-6-7-8-9-11-25-13-15-27-17-19-29-20-18-28-16-14-26-12-10-23-21(24)30-22(2,3)4/h5-20H2,1-4H3,(H,23,24). The molecule has 0 aliphatic heterocycles. The number of ether oxygens (including phenoxy) is 6. The third-order valence-electron chi connectivity index (χ3n) is 3.79. The minimum atomic E-state index is -0.491. The largest absolute Gasteiger partial charge is 0.444 e. The third kappa shape index (κ3) is 25.1. The highest BCUT2D eigenvalue weighted by Crippen LogP contribution is 2.06. The predicted molar refractivity (Wildman–Crippen MR) is 117 cm³/mol. The van der Waals surface area contributed by atoms with Crippen LogP contribution in [0.4, 0.5) is 4.79 Å². The zero-order chi connectivity index (χ0) is 22.3. The topological polar surface area (TPSA) is 84.5 Å². The van der Waals surface area contributed by atoms with Gasteiger partial charge in [-0.05, 0) is 27.2 Å². The summed E-state index contributed by atoms with van der Waals surface area (Å²) < 4.78 is 32.3. The molecular formula is C22H45NO7. The average Bonchev–Trinajstić information content (AvgIpc) is 2.68. The van der Waals surface area contributed by atoms with E-state index in [1.807, 2.05) is 20.8 Å². The first-order valence-electron chi connectivity index (χ1n) is 11.3. The second-order valence-electron chi connectivity index (χ2n) is 7.90. The van der Waals surface area contributed by atoms with Crippen molar-refractivity contribution in [1.82, 2.24) is 5.32 Å². The Hall–Kier alpha value is -0.930. The van der Waals surface area contributed by atoms with E-state index in [4.69, 9.17) is 28.4 Å². The molecule has 0 radical (unpaired) electrons. The number of hydrogen-bond acceptors (Lipinski definition) is 7. The van der Waals surface area contributed by atoms with Gasteiger partial charge >= 0.3 is 6.09 Å². The highest BCUT2D eigenvalue weighted by atomic mass is 16.6. The lowest BCUT2D eigenvalue weighted by Gasteiger charge is -2.19. The summed E-state index contributed by atoms with van der Waals surface area (Å²) >= 11 is 0. The maximum atomic E-state index is 11.4. The highest BCUT2D eigenvalue weighted by Gasteiger charge is 2.15. The van der Waals surface area contributed by atoms with Gasteiger partial charge in [0.2, 0.25) is 0 Å². The molecule has 0 rings (SSSR count). The van der Waals surface area contributed by atoms with Crippen molar-refractivity contribution in [1.29, 1.82) is 0 Å². The van der Waals surface area contributed by atoms with E-state index >= 15 is 0 Å². The van der Waals surface area contributed by atoms with Crippen molar-refractivity contribution in [3.63, 3.8) is 0 Å². The Kier molecular flexibility index (Phi) is 20.6. The van der Waals surface area contributed by atoms with E-state index in [9.17, 15) is 4.79 Å². The summed E-state index contributed by atoms with van der Waals surface area (Å²) in [5.41, 5.74) is -0.491. The molecule has 0 atom stereocenters. The van der Waals surface area contributed by atoms with Crippen molar-refractivity contribution in [2.24, 2.45) is 0 Å². The predicted octanol–water partition coefficient (Wildman–Crippen LogP) is 3.56. The molecule has 0 aliphatic carbocycles. The molecule has 8 heteroatoms. The molecule has 8 nitrogen and oxygen atoms in total. The van der Waals surface area contributed by atoms with Crippen molar-refractivity contribution >= 4 is 6.09 Å². The first-order valence-corrected chi connectivity index (χ1v) is 11.3. The first-order chi connectivity index (χ1) is 14.5. The van der Waals surface area contributed by atoms with Crippen molar-refractivity contribution in [2.75, 3.05) is 72.6 Å². The molecule has 0 fully saturated rings. The molecule has 0 aromatic rings. The Balaban J connectivity index is 3.11. The fourth-order valence-electron chi connectivity index (χ4n) is 2.33. The molecule has 0 aromatic heterocycles. The number of carbonyl (C=O) groups is 1. The Labute approximate surface area is 183 Å². The van der Waals surface area contributed by atoms with Crippen LogP contribution < -0.4 is 5.32 Å². The van der Waals surface area contributed by atoms with Crippen LogP contribution in [-0.4, -0.2) is 84.3 Å². The van der Waals surface area contributed by atoms with Crippen LogP contribution in [0.2, 0.25) is 0 Å². The van der Waals surface area contributed by atoms with Gasteiger partial charge in [-0.2, -0.15) is 0 Å². The molecule has 30 heavy (non-hydrogen) atoms. The van der Waals surface area contributed by atoms with Gasteiger partial charge in [-0.1, -0.05) is 32.6 Å². The first kappa shape index (κ1) is 29.1. The van der Waals surface area contributed by atoms with Crippen LogP contribution in [0.3, 0.4) is 0 Å². The van der Waals surface area contributed by atoms with Gasteiger partial charge in [0.25, 0.3) is 0 Å². The molecule has 0 saturated carbocycles. The average molecular weight is 436 g/mol. The SMILES string of the molecule is CCCCCCCOCCOCCOCCOCCOCCNC(=O)OC(C)(C)C. The fraction of sp³-hybridized carbons (Fsp3) is 0.955. The Bertz CT molecular complexity index is 375.